The fourth-order valence-corrected chi connectivity index (χ4v) is 3.14. The third-order valence-corrected chi connectivity index (χ3v) is 4.89. The van der Waals surface area contributed by atoms with E-state index >= 15 is 0 Å². The first-order valence-electron chi connectivity index (χ1n) is 5.12. The molecule has 1 atom stereocenters. The summed E-state index contributed by atoms with van der Waals surface area (Å²) in [4.78, 5) is 21.4. The molecule has 1 aromatic rings. The summed E-state index contributed by atoms with van der Waals surface area (Å²) < 4.78 is 26.2. The zero-order valence-corrected chi connectivity index (χ0v) is 13.0. The van der Waals surface area contributed by atoms with Crippen molar-refractivity contribution in [1.82, 2.24) is 4.72 Å². The van der Waals surface area contributed by atoms with Crippen LogP contribution >= 0.6 is 27.5 Å². The van der Waals surface area contributed by atoms with Crippen LogP contribution in [-0.2, 0) is 19.6 Å². The minimum atomic E-state index is -4.12. The SMILES string of the molecule is NC(=O)CC(NS(=O)(=O)c1ccc(Cl)c(Br)c1)C(=O)O. The summed E-state index contributed by atoms with van der Waals surface area (Å²) in [6.07, 6.45) is -0.649. The third kappa shape index (κ3) is 4.44. The van der Waals surface area contributed by atoms with Crippen LogP contribution in [0, 0.1) is 0 Å². The summed E-state index contributed by atoms with van der Waals surface area (Å²) in [7, 11) is -4.12. The van der Waals surface area contributed by atoms with E-state index in [0.717, 1.165) is 0 Å². The van der Waals surface area contributed by atoms with Crippen molar-refractivity contribution < 1.29 is 23.1 Å². The smallest absolute Gasteiger partial charge is 0.322 e. The van der Waals surface area contributed by atoms with Crippen LogP contribution in [0.5, 0.6) is 0 Å². The molecule has 0 aliphatic carbocycles. The summed E-state index contributed by atoms with van der Waals surface area (Å²) in [5.41, 5.74) is 4.87. The molecule has 10 heteroatoms. The first-order chi connectivity index (χ1) is 9.13. The van der Waals surface area contributed by atoms with Crippen LogP contribution in [0.25, 0.3) is 0 Å². The van der Waals surface area contributed by atoms with Crippen LogP contribution in [-0.4, -0.2) is 31.4 Å². The van der Waals surface area contributed by atoms with Gasteiger partial charge in [-0.3, -0.25) is 9.59 Å². The van der Waals surface area contributed by atoms with Gasteiger partial charge in [0, 0.05) is 4.47 Å². The maximum absolute atomic E-state index is 12.0. The third-order valence-electron chi connectivity index (χ3n) is 2.20. The Hall–Kier alpha value is -1.16. The molecule has 0 spiro atoms. The Balaban J connectivity index is 3.06. The van der Waals surface area contributed by atoms with Gasteiger partial charge in [0.1, 0.15) is 6.04 Å². The monoisotopic (exact) mass is 384 g/mol. The Bertz CT molecular complexity index is 649. The summed E-state index contributed by atoms with van der Waals surface area (Å²) >= 11 is 8.80. The lowest BCUT2D eigenvalue weighted by atomic mass is 10.2. The molecular formula is C10H10BrClN2O5S. The van der Waals surface area contributed by atoms with Gasteiger partial charge in [-0.2, -0.15) is 4.72 Å². The van der Waals surface area contributed by atoms with E-state index in [2.05, 4.69) is 15.9 Å². The van der Waals surface area contributed by atoms with Crippen LogP contribution in [0.1, 0.15) is 6.42 Å². The van der Waals surface area contributed by atoms with Gasteiger partial charge < -0.3 is 10.8 Å². The summed E-state index contributed by atoms with van der Waals surface area (Å²) in [5.74, 6) is -2.43. The Morgan fingerprint density at radius 3 is 2.50 bits per heavy atom. The Morgan fingerprint density at radius 1 is 1.45 bits per heavy atom. The number of nitrogens with two attached hydrogens (primary N) is 1. The van der Waals surface area contributed by atoms with Crippen molar-refractivity contribution >= 4 is 49.4 Å². The molecule has 0 saturated heterocycles. The second-order valence-electron chi connectivity index (χ2n) is 3.76. The molecule has 4 N–H and O–H groups in total. The zero-order chi connectivity index (χ0) is 15.5. The maximum atomic E-state index is 12.0. The topological polar surface area (TPSA) is 127 Å². The molecular weight excluding hydrogens is 376 g/mol. The Labute approximate surface area is 128 Å². The van der Waals surface area contributed by atoms with E-state index in [1.54, 1.807) is 0 Å². The molecule has 7 nitrogen and oxygen atoms in total. The predicted molar refractivity (Wildman–Crippen MR) is 74.7 cm³/mol. The number of carbonyl (C=O) groups excluding carboxylic acids is 1. The zero-order valence-electron chi connectivity index (χ0n) is 9.84. The van der Waals surface area contributed by atoms with Gasteiger partial charge >= 0.3 is 5.97 Å². The highest BCUT2D eigenvalue weighted by molar-refractivity contribution is 9.10. The number of nitrogens with one attached hydrogen (secondary N) is 1. The van der Waals surface area contributed by atoms with E-state index in [9.17, 15) is 18.0 Å². The molecule has 20 heavy (non-hydrogen) atoms. The number of hydrogen-bond donors (Lipinski definition) is 3. The number of benzene rings is 1. The quantitative estimate of drug-likeness (QED) is 0.664. The molecule has 0 aliphatic heterocycles. The maximum Gasteiger partial charge on any atom is 0.322 e. The van der Waals surface area contributed by atoms with Crippen molar-refractivity contribution in [2.75, 3.05) is 0 Å². The average Bonchev–Trinajstić information content (AvgIpc) is 2.30. The van der Waals surface area contributed by atoms with Gasteiger partial charge in [0.15, 0.2) is 0 Å². The van der Waals surface area contributed by atoms with Gasteiger partial charge in [0.25, 0.3) is 0 Å². The molecule has 110 valence electrons. The lowest BCUT2D eigenvalue weighted by Gasteiger charge is -2.13. The van der Waals surface area contributed by atoms with E-state index in [-0.39, 0.29) is 4.90 Å². The fraction of sp³-hybridized carbons (Fsp3) is 0.200. The molecule has 1 rings (SSSR count). The van der Waals surface area contributed by atoms with Crippen molar-refractivity contribution in [2.45, 2.75) is 17.4 Å². The van der Waals surface area contributed by atoms with E-state index in [1.165, 1.54) is 18.2 Å². The van der Waals surface area contributed by atoms with Crippen LogP contribution in [0.3, 0.4) is 0 Å². The van der Waals surface area contributed by atoms with Crippen molar-refractivity contribution in [3.8, 4) is 0 Å². The number of hydrogen-bond acceptors (Lipinski definition) is 4. The van der Waals surface area contributed by atoms with E-state index in [1.807, 2.05) is 4.72 Å². The Morgan fingerprint density at radius 2 is 2.05 bits per heavy atom. The van der Waals surface area contributed by atoms with Crippen molar-refractivity contribution in [1.29, 1.82) is 0 Å². The van der Waals surface area contributed by atoms with Gasteiger partial charge in [-0.1, -0.05) is 11.6 Å². The first kappa shape index (κ1) is 16.9. The lowest BCUT2D eigenvalue weighted by Crippen LogP contribution is -2.43. The molecule has 1 unspecified atom stereocenters. The van der Waals surface area contributed by atoms with E-state index in [4.69, 9.17) is 22.4 Å². The molecule has 1 amide bonds. The molecule has 0 heterocycles. The highest BCUT2D eigenvalue weighted by Gasteiger charge is 2.27. The Kier molecular flexibility index (Phi) is 5.51. The number of aliphatic carboxylic acids is 1. The van der Waals surface area contributed by atoms with Crippen molar-refractivity contribution in [3.05, 3.63) is 27.7 Å². The lowest BCUT2D eigenvalue weighted by molar-refractivity contribution is -0.140. The summed E-state index contributed by atoms with van der Waals surface area (Å²) in [6.45, 7) is 0. The van der Waals surface area contributed by atoms with Gasteiger partial charge in [-0.05, 0) is 34.1 Å². The standard InChI is InChI=1S/C10H10BrClN2O5S/c11-6-3-5(1-2-7(6)12)20(18,19)14-8(10(16)17)4-9(13)15/h1-3,8,14H,4H2,(H2,13,15)(H,16,17). The molecule has 0 aliphatic rings. The average molecular weight is 386 g/mol. The second kappa shape index (κ2) is 6.53. The normalized spacial score (nSPS) is 12.9. The van der Waals surface area contributed by atoms with Crippen LogP contribution in [0.2, 0.25) is 5.02 Å². The first-order valence-corrected chi connectivity index (χ1v) is 7.77. The van der Waals surface area contributed by atoms with Gasteiger partial charge in [0.2, 0.25) is 15.9 Å². The van der Waals surface area contributed by atoms with Crippen LogP contribution in [0.4, 0.5) is 0 Å². The number of carboxylic acid groups (broad SMARTS) is 1. The summed E-state index contributed by atoms with van der Waals surface area (Å²) in [6, 6.07) is 2.13. The second-order valence-corrected chi connectivity index (χ2v) is 6.73. The van der Waals surface area contributed by atoms with Crippen molar-refractivity contribution in [3.63, 3.8) is 0 Å². The van der Waals surface area contributed by atoms with Crippen LogP contribution in [0.15, 0.2) is 27.6 Å². The molecule has 0 bridgehead atoms. The number of rotatable bonds is 6. The van der Waals surface area contributed by atoms with Gasteiger partial charge in [-0.25, -0.2) is 8.42 Å². The minimum absolute atomic E-state index is 0.190. The molecule has 1 aromatic carbocycles. The molecule has 0 saturated carbocycles. The number of sulfonamides is 1. The molecule has 0 fully saturated rings. The highest BCUT2D eigenvalue weighted by Crippen LogP contribution is 2.25. The van der Waals surface area contributed by atoms with E-state index in [0.29, 0.717) is 9.50 Å². The fourth-order valence-electron chi connectivity index (χ4n) is 1.28. The minimum Gasteiger partial charge on any atom is -0.480 e. The van der Waals surface area contributed by atoms with Gasteiger partial charge in [0.05, 0.1) is 16.3 Å². The number of halogens is 2. The van der Waals surface area contributed by atoms with Crippen LogP contribution < -0.4 is 10.5 Å². The highest BCUT2D eigenvalue weighted by atomic mass is 79.9. The number of carboxylic acids is 1. The molecule has 0 radical (unpaired) electrons. The number of amides is 1. The molecule has 0 aromatic heterocycles. The van der Waals surface area contributed by atoms with E-state index < -0.39 is 34.4 Å². The number of primary amides is 1. The predicted octanol–water partition coefficient (Wildman–Crippen LogP) is 0.709. The van der Waals surface area contributed by atoms with Crippen molar-refractivity contribution in [2.24, 2.45) is 5.73 Å². The summed E-state index contributed by atoms with van der Waals surface area (Å²) in [5, 5.41) is 9.17. The number of carbonyl (C=O) groups is 2. The van der Waals surface area contributed by atoms with Gasteiger partial charge in [-0.15, -0.1) is 0 Å². The largest absolute Gasteiger partial charge is 0.480 e.